The van der Waals surface area contributed by atoms with Crippen LogP contribution in [0.25, 0.3) is 0 Å². The lowest BCUT2D eigenvalue weighted by molar-refractivity contribution is -0.123. The van der Waals surface area contributed by atoms with Crippen molar-refractivity contribution in [1.29, 1.82) is 0 Å². The van der Waals surface area contributed by atoms with E-state index in [0.29, 0.717) is 23.8 Å². The molecule has 0 aliphatic carbocycles. The number of benzene rings is 1. The predicted molar refractivity (Wildman–Crippen MR) is 84.6 cm³/mol. The van der Waals surface area contributed by atoms with Crippen molar-refractivity contribution in [2.75, 3.05) is 6.61 Å². The van der Waals surface area contributed by atoms with Gasteiger partial charge in [-0.25, -0.2) is 9.97 Å². The fraction of sp³-hybridized carbons (Fsp3) is 0.118. The Bertz CT molecular complexity index is 776. The van der Waals surface area contributed by atoms with Crippen LogP contribution in [0.1, 0.15) is 5.76 Å². The molecule has 24 heavy (non-hydrogen) atoms. The van der Waals surface area contributed by atoms with Gasteiger partial charge in [-0.05, 0) is 30.3 Å². The molecular formula is C17H15N3O4. The van der Waals surface area contributed by atoms with Crippen LogP contribution in [0.2, 0.25) is 0 Å². The van der Waals surface area contributed by atoms with E-state index in [1.165, 1.54) is 0 Å². The summed E-state index contributed by atoms with van der Waals surface area (Å²) < 4.78 is 16.1. The van der Waals surface area contributed by atoms with Gasteiger partial charge in [0.05, 0.1) is 12.8 Å². The van der Waals surface area contributed by atoms with Crippen LogP contribution in [-0.2, 0) is 11.3 Å². The Morgan fingerprint density at radius 1 is 1.08 bits per heavy atom. The van der Waals surface area contributed by atoms with Gasteiger partial charge < -0.3 is 19.2 Å². The van der Waals surface area contributed by atoms with Crippen molar-refractivity contribution >= 4 is 5.91 Å². The standard InChI is InChI=1S/C17H15N3O4/c21-16(20-11-15-6-2-9-22-15)12-23-13-4-1-5-14(10-13)24-17-18-7-3-8-19-17/h1-10H,11-12H2,(H,20,21). The number of furan rings is 1. The van der Waals surface area contributed by atoms with Gasteiger partial charge in [0.1, 0.15) is 17.3 Å². The van der Waals surface area contributed by atoms with Crippen molar-refractivity contribution in [2.45, 2.75) is 6.54 Å². The van der Waals surface area contributed by atoms with Crippen LogP contribution < -0.4 is 14.8 Å². The number of amides is 1. The molecule has 0 bridgehead atoms. The normalized spacial score (nSPS) is 10.2. The second kappa shape index (κ2) is 7.77. The number of nitrogens with zero attached hydrogens (tertiary/aromatic N) is 2. The number of nitrogens with one attached hydrogen (secondary N) is 1. The first-order valence-electron chi connectivity index (χ1n) is 7.26. The average molecular weight is 325 g/mol. The minimum atomic E-state index is -0.246. The molecule has 2 heterocycles. The average Bonchev–Trinajstić information content (AvgIpc) is 3.13. The van der Waals surface area contributed by atoms with Crippen LogP contribution in [0, 0.1) is 0 Å². The summed E-state index contributed by atoms with van der Waals surface area (Å²) in [5.74, 6) is 1.47. The molecule has 0 saturated heterocycles. The zero-order valence-electron chi connectivity index (χ0n) is 12.7. The van der Waals surface area contributed by atoms with E-state index in [-0.39, 0.29) is 18.5 Å². The van der Waals surface area contributed by atoms with E-state index in [0.717, 1.165) is 0 Å². The van der Waals surface area contributed by atoms with Gasteiger partial charge in [0, 0.05) is 18.5 Å². The van der Waals surface area contributed by atoms with Gasteiger partial charge in [-0.3, -0.25) is 4.79 Å². The molecule has 122 valence electrons. The Morgan fingerprint density at radius 3 is 2.71 bits per heavy atom. The molecule has 1 N–H and O–H groups in total. The summed E-state index contributed by atoms with van der Waals surface area (Å²) in [6.45, 7) is 0.218. The molecule has 0 aliphatic rings. The molecule has 0 unspecified atom stereocenters. The summed E-state index contributed by atoms with van der Waals surface area (Å²) in [6.07, 6.45) is 4.73. The first-order valence-corrected chi connectivity index (χ1v) is 7.26. The zero-order valence-corrected chi connectivity index (χ0v) is 12.7. The van der Waals surface area contributed by atoms with E-state index in [1.54, 1.807) is 61.1 Å². The molecule has 1 amide bonds. The van der Waals surface area contributed by atoms with Gasteiger partial charge in [-0.15, -0.1) is 0 Å². The van der Waals surface area contributed by atoms with Gasteiger partial charge in [0.2, 0.25) is 0 Å². The van der Waals surface area contributed by atoms with Crippen LogP contribution in [0.3, 0.4) is 0 Å². The molecule has 3 aromatic rings. The highest BCUT2D eigenvalue weighted by atomic mass is 16.5. The largest absolute Gasteiger partial charge is 0.484 e. The summed E-state index contributed by atoms with van der Waals surface area (Å²) in [6, 6.07) is 12.4. The SMILES string of the molecule is O=C(COc1cccc(Oc2ncccn2)c1)NCc1ccco1. The Kier molecular flexibility index (Phi) is 5.03. The first-order chi connectivity index (χ1) is 11.8. The fourth-order valence-electron chi connectivity index (χ4n) is 1.87. The number of hydrogen-bond donors (Lipinski definition) is 1. The quantitative estimate of drug-likeness (QED) is 0.718. The third-order valence-electron chi connectivity index (χ3n) is 2.97. The van der Waals surface area contributed by atoms with Gasteiger partial charge in [0.25, 0.3) is 5.91 Å². The van der Waals surface area contributed by atoms with Crippen molar-refractivity contribution in [3.05, 3.63) is 66.9 Å². The van der Waals surface area contributed by atoms with Crippen LogP contribution in [-0.4, -0.2) is 22.5 Å². The molecule has 7 heteroatoms. The second-order valence-electron chi connectivity index (χ2n) is 4.75. The highest BCUT2D eigenvalue weighted by molar-refractivity contribution is 5.77. The van der Waals surface area contributed by atoms with Crippen LogP contribution in [0.4, 0.5) is 0 Å². The Hall–Kier alpha value is -3.35. The Morgan fingerprint density at radius 2 is 1.92 bits per heavy atom. The van der Waals surface area contributed by atoms with Crippen molar-refractivity contribution < 1.29 is 18.7 Å². The van der Waals surface area contributed by atoms with Crippen LogP contribution in [0.15, 0.2) is 65.5 Å². The lowest BCUT2D eigenvalue weighted by Crippen LogP contribution is -2.28. The fourth-order valence-corrected chi connectivity index (χ4v) is 1.87. The first kappa shape index (κ1) is 15.5. The Labute approximate surface area is 138 Å². The molecule has 0 fully saturated rings. The third-order valence-corrected chi connectivity index (χ3v) is 2.97. The maximum Gasteiger partial charge on any atom is 0.321 e. The molecule has 2 aromatic heterocycles. The van der Waals surface area contributed by atoms with Gasteiger partial charge in [-0.1, -0.05) is 6.07 Å². The maximum absolute atomic E-state index is 11.8. The smallest absolute Gasteiger partial charge is 0.321 e. The highest BCUT2D eigenvalue weighted by Crippen LogP contribution is 2.22. The lowest BCUT2D eigenvalue weighted by Gasteiger charge is -2.08. The number of carbonyl (C=O) groups excluding carboxylic acids is 1. The maximum atomic E-state index is 11.8. The molecule has 0 radical (unpaired) electrons. The summed E-state index contributed by atoms with van der Waals surface area (Å²) in [7, 11) is 0. The highest BCUT2D eigenvalue weighted by Gasteiger charge is 2.06. The van der Waals surface area contributed by atoms with E-state index in [9.17, 15) is 4.79 Å². The van der Waals surface area contributed by atoms with Crippen LogP contribution >= 0.6 is 0 Å². The molecule has 7 nitrogen and oxygen atoms in total. The predicted octanol–water partition coefficient (Wildman–Crippen LogP) is 2.56. The van der Waals surface area contributed by atoms with E-state index >= 15 is 0 Å². The monoisotopic (exact) mass is 325 g/mol. The minimum absolute atomic E-state index is 0.105. The molecule has 0 aliphatic heterocycles. The van der Waals surface area contributed by atoms with E-state index in [2.05, 4.69) is 15.3 Å². The van der Waals surface area contributed by atoms with Crippen LogP contribution in [0.5, 0.6) is 17.5 Å². The number of aromatic nitrogens is 2. The van der Waals surface area contributed by atoms with Crippen molar-refractivity contribution in [2.24, 2.45) is 0 Å². The van der Waals surface area contributed by atoms with E-state index < -0.39 is 0 Å². The summed E-state index contributed by atoms with van der Waals surface area (Å²) in [5, 5.41) is 2.70. The minimum Gasteiger partial charge on any atom is -0.484 e. The van der Waals surface area contributed by atoms with Crippen molar-refractivity contribution in [1.82, 2.24) is 15.3 Å². The summed E-state index contributed by atoms with van der Waals surface area (Å²) >= 11 is 0. The lowest BCUT2D eigenvalue weighted by atomic mass is 10.3. The molecule has 0 atom stereocenters. The Balaban J connectivity index is 1.50. The number of hydrogen-bond acceptors (Lipinski definition) is 6. The second-order valence-corrected chi connectivity index (χ2v) is 4.75. The van der Waals surface area contributed by atoms with Crippen molar-refractivity contribution in [3.8, 4) is 17.5 Å². The number of carbonyl (C=O) groups is 1. The topological polar surface area (TPSA) is 86.5 Å². The van der Waals surface area contributed by atoms with Crippen molar-refractivity contribution in [3.63, 3.8) is 0 Å². The van der Waals surface area contributed by atoms with Gasteiger partial charge >= 0.3 is 6.01 Å². The third kappa shape index (κ3) is 4.57. The van der Waals surface area contributed by atoms with E-state index in [1.807, 2.05) is 0 Å². The summed E-state index contributed by atoms with van der Waals surface area (Å²) in [4.78, 5) is 19.7. The molecule has 3 rings (SSSR count). The van der Waals surface area contributed by atoms with Gasteiger partial charge in [0.15, 0.2) is 6.61 Å². The molecule has 1 aromatic carbocycles. The number of ether oxygens (including phenoxy) is 2. The van der Waals surface area contributed by atoms with Gasteiger partial charge in [-0.2, -0.15) is 0 Å². The molecule has 0 saturated carbocycles. The molecule has 0 spiro atoms. The summed E-state index contributed by atoms with van der Waals surface area (Å²) in [5.41, 5.74) is 0. The molecular weight excluding hydrogens is 310 g/mol. The van der Waals surface area contributed by atoms with E-state index in [4.69, 9.17) is 13.9 Å². The number of rotatable bonds is 7. The zero-order chi connectivity index (χ0) is 16.6.